The van der Waals surface area contributed by atoms with Crippen LogP contribution in [-0.2, 0) is 4.79 Å². The molecule has 0 aromatic carbocycles. The third kappa shape index (κ3) is 3.32. The Bertz CT molecular complexity index is 207. The summed E-state index contributed by atoms with van der Waals surface area (Å²) < 4.78 is 0. The van der Waals surface area contributed by atoms with Crippen LogP contribution in [0.25, 0.3) is 0 Å². The average molecular weight is 210 g/mol. The second-order valence-corrected chi connectivity index (χ2v) is 5.62. The highest BCUT2D eigenvalue weighted by Gasteiger charge is 2.32. The number of carbonyl (C=O) groups excluding carboxylic acids is 1. The van der Waals surface area contributed by atoms with Crippen LogP contribution in [0.5, 0.6) is 0 Å². The topological polar surface area (TPSA) is 17.1 Å². The first-order chi connectivity index (χ1) is 7.06. The van der Waals surface area contributed by atoms with Crippen LogP contribution in [0.4, 0.5) is 0 Å². The van der Waals surface area contributed by atoms with Crippen LogP contribution >= 0.6 is 0 Å². The molecule has 0 N–H and O–H groups in total. The van der Waals surface area contributed by atoms with Gasteiger partial charge in [0.05, 0.1) is 0 Å². The zero-order valence-electron chi connectivity index (χ0n) is 10.8. The third-order valence-electron chi connectivity index (χ3n) is 4.11. The van der Waals surface area contributed by atoms with Gasteiger partial charge in [0.1, 0.15) is 5.78 Å². The molecule has 0 aliphatic heterocycles. The van der Waals surface area contributed by atoms with Gasteiger partial charge < -0.3 is 0 Å². The van der Waals surface area contributed by atoms with Crippen molar-refractivity contribution in [2.45, 2.75) is 59.8 Å². The van der Waals surface area contributed by atoms with E-state index in [1.807, 2.05) is 0 Å². The summed E-state index contributed by atoms with van der Waals surface area (Å²) >= 11 is 0. The number of ketones is 1. The highest BCUT2D eigenvalue weighted by atomic mass is 16.1. The van der Waals surface area contributed by atoms with E-state index in [1.54, 1.807) is 0 Å². The van der Waals surface area contributed by atoms with Crippen LogP contribution in [0.2, 0.25) is 0 Å². The number of hydrogen-bond acceptors (Lipinski definition) is 1. The Labute approximate surface area is 94.6 Å². The van der Waals surface area contributed by atoms with Crippen LogP contribution in [0.15, 0.2) is 0 Å². The smallest absolute Gasteiger partial charge is 0.136 e. The van der Waals surface area contributed by atoms with Gasteiger partial charge in [-0.15, -0.1) is 0 Å². The Kier molecular flexibility index (Phi) is 4.82. The summed E-state index contributed by atoms with van der Waals surface area (Å²) in [7, 11) is 0. The normalized spacial score (nSPS) is 29.5. The minimum Gasteiger partial charge on any atom is -0.299 e. The Morgan fingerprint density at radius 2 is 2.00 bits per heavy atom. The minimum absolute atomic E-state index is 0.367. The van der Waals surface area contributed by atoms with Gasteiger partial charge >= 0.3 is 0 Å². The van der Waals surface area contributed by atoms with Crippen molar-refractivity contribution in [1.82, 2.24) is 0 Å². The minimum atomic E-state index is 0.367. The van der Waals surface area contributed by atoms with Gasteiger partial charge in [-0.3, -0.25) is 4.79 Å². The molecule has 15 heavy (non-hydrogen) atoms. The molecule has 1 saturated carbocycles. The highest BCUT2D eigenvalue weighted by molar-refractivity contribution is 5.82. The van der Waals surface area contributed by atoms with Crippen molar-refractivity contribution in [2.75, 3.05) is 0 Å². The second-order valence-electron chi connectivity index (χ2n) is 5.62. The van der Waals surface area contributed by atoms with Crippen LogP contribution in [0, 0.1) is 23.7 Å². The molecule has 1 aliphatic carbocycles. The molecule has 0 bridgehead atoms. The predicted octanol–water partition coefficient (Wildman–Crippen LogP) is 4.06. The molecule has 0 aromatic heterocycles. The third-order valence-corrected chi connectivity index (χ3v) is 4.11. The van der Waals surface area contributed by atoms with E-state index in [1.165, 1.54) is 12.8 Å². The fourth-order valence-electron chi connectivity index (χ4n) is 2.90. The lowest BCUT2D eigenvalue weighted by Gasteiger charge is -2.33. The molecule has 1 heteroatoms. The van der Waals surface area contributed by atoms with E-state index in [0.29, 0.717) is 17.6 Å². The predicted molar refractivity (Wildman–Crippen MR) is 64.7 cm³/mol. The molecule has 0 spiro atoms. The fourth-order valence-corrected chi connectivity index (χ4v) is 2.90. The summed E-state index contributed by atoms with van der Waals surface area (Å²) in [4.78, 5) is 11.9. The highest BCUT2D eigenvalue weighted by Crippen LogP contribution is 2.36. The SMILES string of the molecule is CCCC(C)C1CC(C(C)C)CCC1=O. The van der Waals surface area contributed by atoms with Gasteiger partial charge in [0.25, 0.3) is 0 Å². The van der Waals surface area contributed by atoms with Crippen molar-refractivity contribution < 1.29 is 4.79 Å². The summed E-state index contributed by atoms with van der Waals surface area (Å²) in [5.41, 5.74) is 0. The average Bonchev–Trinajstić information content (AvgIpc) is 2.18. The number of rotatable bonds is 4. The fraction of sp³-hybridized carbons (Fsp3) is 0.929. The van der Waals surface area contributed by atoms with E-state index in [0.717, 1.165) is 31.1 Å². The number of carbonyl (C=O) groups is 1. The monoisotopic (exact) mass is 210 g/mol. The Hall–Kier alpha value is -0.330. The summed E-state index contributed by atoms with van der Waals surface area (Å²) in [6.07, 6.45) is 5.53. The van der Waals surface area contributed by atoms with Crippen molar-refractivity contribution in [1.29, 1.82) is 0 Å². The Balaban J connectivity index is 2.56. The Morgan fingerprint density at radius 3 is 2.53 bits per heavy atom. The molecular formula is C14H26O. The first kappa shape index (κ1) is 12.7. The van der Waals surface area contributed by atoms with Crippen molar-refractivity contribution in [3.63, 3.8) is 0 Å². The van der Waals surface area contributed by atoms with Gasteiger partial charge in [0.15, 0.2) is 0 Å². The second kappa shape index (κ2) is 5.67. The lowest BCUT2D eigenvalue weighted by atomic mass is 9.70. The maximum Gasteiger partial charge on any atom is 0.136 e. The van der Waals surface area contributed by atoms with Crippen molar-refractivity contribution >= 4 is 5.78 Å². The summed E-state index contributed by atoms with van der Waals surface area (Å²) in [6, 6.07) is 0. The van der Waals surface area contributed by atoms with E-state index in [2.05, 4.69) is 27.7 Å². The first-order valence-electron chi connectivity index (χ1n) is 6.59. The maximum absolute atomic E-state index is 11.9. The first-order valence-corrected chi connectivity index (χ1v) is 6.59. The zero-order chi connectivity index (χ0) is 11.4. The number of Topliss-reactive ketones (excluding diaryl/α,β-unsaturated/α-hetero) is 1. The molecule has 1 fully saturated rings. The van der Waals surface area contributed by atoms with Crippen LogP contribution < -0.4 is 0 Å². The quantitative estimate of drug-likeness (QED) is 0.683. The molecule has 0 amide bonds. The van der Waals surface area contributed by atoms with Gasteiger partial charge in [-0.05, 0) is 30.6 Å². The van der Waals surface area contributed by atoms with E-state index < -0.39 is 0 Å². The van der Waals surface area contributed by atoms with Crippen LogP contribution in [0.3, 0.4) is 0 Å². The molecule has 3 atom stereocenters. The molecule has 0 radical (unpaired) electrons. The van der Waals surface area contributed by atoms with Gasteiger partial charge in [0.2, 0.25) is 0 Å². The van der Waals surface area contributed by atoms with Gasteiger partial charge in [-0.25, -0.2) is 0 Å². The van der Waals surface area contributed by atoms with Crippen LogP contribution in [-0.4, -0.2) is 5.78 Å². The molecule has 3 unspecified atom stereocenters. The zero-order valence-corrected chi connectivity index (χ0v) is 10.8. The lowest BCUT2D eigenvalue weighted by molar-refractivity contribution is -0.127. The van der Waals surface area contributed by atoms with E-state index in [4.69, 9.17) is 0 Å². The molecule has 0 aromatic rings. The standard InChI is InChI=1S/C14H26O/c1-5-6-11(4)13-9-12(10(2)3)7-8-14(13)15/h10-13H,5-9H2,1-4H3. The largest absolute Gasteiger partial charge is 0.299 e. The Morgan fingerprint density at radius 1 is 1.33 bits per heavy atom. The molecule has 1 nitrogen and oxygen atoms in total. The van der Waals surface area contributed by atoms with Crippen molar-refractivity contribution in [2.24, 2.45) is 23.7 Å². The van der Waals surface area contributed by atoms with Gasteiger partial charge in [0, 0.05) is 12.3 Å². The van der Waals surface area contributed by atoms with Crippen LogP contribution in [0.1, 0.15) is 59.8 Å². The number of hydrogen-bond donors (Lipinski definition) is 0. The lowest BCUT2D eigenvalue weighted by Crippen LogP contribution is -2.31. The van der Waals surface area contributed by atoms with Gasteiger partial charge in [-0.1, -0.05) is 40.5 Å². The van der Waals surface area contributed by atoms with E-state index >= 15 is 0 Å². The van der Waals surface area contributed by atoms with Crippen molar-refractivity contribution in [3.8, 4) is 0 Å². The molecule has 0 saturated heterocycles. The summed E-state index contributed by atoms with van der Waals surface area (Å²) in [6.45, 7) is 9.06. The molecule has 0 heterocycles. The maximum atomic E-state index is 11.9. The van der Waals surface area contributed by atoms with E-state index in [-0.39, 0.29) is 0 Å². The summed E-state index contributed by atoms with van der Waals surface area (Å²) in [5.74, 6) is 3.03. The summed E-state index contributed by atoms with van der Waals surface area (Å²) in [5, 5.41) is 0. The molecular weight excluding hydrogens is 184 g/mol. The van der Waals surface area contributed by atoms with Crippen molar-refractivity contribution in [3.05, 3.63) is 0 Å². The molecule has 1 aliphatic rings. The van der Waals surface area contributed by atoms with Gasteiger partial charge in [-0.2, -0.15) is 0 Å². The molecule has 88 valence electrons. The van der Waals surface area contributed by atoms with E-state index in [9.17, 15) is 4.79 Å². The molecule has 1 rings (SSSR count).